The van der Waals surface area contributed by atoms with Gasteiger partial charge in [0.15, 0.2) is 0 Å². The topological polar surface area (TPSA) is 64.3 Å². The summed E-state index contributed by atoms with van der Waals surface area (Å²) in [5.74, 6) is -0.793. The summed E-state index contributed by atoms with van der Waals surface area (Å²) in [5.41, 5.74) is 8.59. The molecule has 3 N–H and O–H groups in total. The van der Waals surface area contributed by atoms with Crippen LogP contribution in [0.15, 0.2) is 30.3 Å². The molecule has 0 heterocycles. The Labute approximate surface area is 122 Å². The number of nitrogen functional groups attached to an aromatic ring is 1. The van der Waals surface area contributed by atoms with E-state index in [1.807, 2.05) is 19.9 Å². The molecule has 5 heteroatoms. The first kappa shape index (κ1) is 14.8. The summed E-state index contributed by atoms with van der Waals surface area (Å²) in [6.07, 6.45) is 0. The molecule has 1 amide bonds. The molecule has 2 aromatic rings. The maximum atomic E-state index is 13.9. The summed E-state index contributed by atoms with van der Waals surface area (Å²) in [5, 5.41) is 2.71. The Kier molecular flexibility index (Phi) is 4.12. The highest BCUT2D eigenvalue weighted by Gasteiger charge is 2.15. The highest BCUT2D eigenvalue weighted by molar-refractivity contribution is 6.05. The normalized spacial score (nSPS) is 10.3. The van der Waals surface area contributed by atoms with Crippen LogP contribution in [0.2, 0.25) is 0 Å². The predicted molar refractivity (Wildman–Crippen MR) is 81.2 cm³/mol. The maximum absolute atomic E-state index is 13.9. The van der Waals surface area contributed by atoms with Gasteiger partial charge in [0.2, 0.25) is 0 Å². The number of nitrogens with one attached hydrogen (secondary N) is 1. The fourth-order valence-corrected chi connectivity index (χ4v) is 2.04. The van der Waals surface area contributed by atoms with Gasteiger partial charge in [-0.1, -0.05) is 6.07 Å². The number of carbonyl (C=O) groups excluding carboxylic acids is 1. The van der Waals surface area contributed by atoms with Gasteiger partial charge in [-0.05, 0) is 43.2 Å². The van der Waals surface area contributed by atoms with Crippen molar-refractivity contribution in [2.75, 3.05) is 18.2 Å². The lowest BCUT2D eigenvalue weighted by molar-refractivity contribution is 0.102. The Bertz CT molecular complexity index is 699. The molecule has 0 radical (unpaired) electrons. The molecular weight excluding hydrogens is 271 g/mol. The average molecular weight is 288 g/mol. The number of benzene rings is 2. The molecular formula is C16H17FN2O2. The third kappa shape index (κ3) is 2.97. The van der Waals surface area contributed by atoms with Crippen molar-refractivity contribution in [3.63, 3.8) is 0 Å². The van der Waals surface area contributed by atoms with Crippen molar-refractivity contribution >= 4 is 17.3 Å². The zero-order valence-corrected chi connectivity index (χ0v) is 12.2. The van der Waals surface area contributed by atoms with Gasteiger partial charge in [-0.15, -0.1) is 0 Å². The van der Waals surface area contributed by atoms with Crippen molar-refractivity contribution in [1.29, 1.82) is 0 Å². The zero-order chi connectivity index (χ0) is 15.6. The highest BCUT2D eigenvalue weighted by Crippen LogP contribution is 2.26. The quantitative estimate of drug-likeness (QED) is 0.852. The van der Waals surface area contributed by atoms with E-state index in [-0.39, 0.29) is 5.56 Å². The minimum absolute atomic E-state index is 0.0444. The lowest BCUT2D eigenvalue weighted by Gasteiger charge is -2.14. The van der Waals surface area contributed by atoms with Gasteiger partial charge in [-0.2, -0.15) is 0 Å². The second-order valence-corrected chi connectivity index (χ2v) is 4.77. The Morgan fingerprint density at radius 2 is 1.95 bits per heavy atom. The summed E-state index contributed by atoms with van der Waals surface area (Å²) >= 11 is 0. The van der Waals surface area contributed by atoms with Crippen LogP contribution < -0.4 is 15.8 Å². The SMILES string of the molecule is COc1ccc(C(=O)Nc2c(C)ccc(N)c2C)c(F)c1. The second kappa shape index (κ2) is 5.83. The van der Waals surface area contributed by atoms with Gasteiger partial charge in [-0.25, -0.2) is 4.39 Å². The van der Waals surface area contributed by atoms with E-state index >= 15 is 0 Å². The lowest BCUT2D eigenvalue weighted by Crippen LogP contribution is -2.16. The number of rotatable bonds is 3. The standard InChI is InChI=1S/C16H17FN2O2/c1-9-4-7-14(18)10(2)15(9)19-16(20)12-6-5-11(21-3)8-13(12)17/h4-8H,18H2,1-3H3,(H,19,20). The van der Waals surface area contributed by atoms with Gasteiger partial charge >= 0.3 is 0 Å². The largest absolute Gasteiger partial charge is 0.497 e. The summed E-state index contributed by atoms with van der Waals surface area (Å²) in [7, 11) is 1.44. The molecule has 21 heavy (non-hydrogen) atoms. The number of amides is 1. The van der Waals surface area contributed by atoms with Gasteiger partial charge in [-0.3, -0.25) is 4.79 Å². The number of ether oxygens (including phenoxy) is 1. The van der Waals surface area contributed by atoms with E-state index in [1.54, 1.807) is 6.07 Å². The van der Waals surface area contributed by atoms with Crippen LogP contribution in [-0.4, -0.2) is 13.0 Å². The molecule has 0 aromatic heterocycles. The fraction of sp³-hybridized carbons (Fsp3) is 0.188. The molecule has 2 rings (SSSR count). The van der Waals surface area contributed by atoms with Gasteiger partial charge in [0.05, 0.1) is 12.7 Å². The molecule has 0 unspecified atom stereocenters. The first-order chi connectivity index (χ1) is 9.93. The molecule has 0 aliphatic heterocycles. The van der Waals surface area contributed by atoms with E-state index in [2.05, 4.69) is 5.32 Å². The minimum atomic E-state index is -0.633. The Hall–Kier alpha value is -2.56. The first-order valence-electron chi connectivity index (χ1n) is 6.44. The van der Waals surface area contributed by atoms with Crippen molar-refractivity contribution in [3.05, 3.63) is 52.8 Å². The molecule has 0 bridgehead atoms. The number of aryl methyl sites for hydroxylation is 1. The monoisotopic (exact) mass is 288 g/mol. The lowest BCUT2D eigenvalue weighted by atomic mass is 10.1. The van der Waals surface area contributed by atoms with Crippen molar-refractivity contribution in [1.82, 2.24) is 0 Å². The predicted octanol–water partition coefficient (Wildman–Crippen LogP) is 3.29. The smallest absolute Gasteiger partial charge is 0.258 e. The van der Waals surface area contributed by atoms with E-state index in [4.69, 9.17) is 10.5 Å². The third-order valence-electron chi connectivity index (χ3n) is 3.37. The van der Waals surface area contributed by atoms with Crippen LogP contribution in [0.1, 0.15) is 21.5 Å². The summed E-state index contributed by atoms with van der Waals surface area (Å²) < 4.78 is 18.8. The van der Waals surface area contributed by atoms with E-state index < -0.39 is 11.7 Å². The van der Waals surface area contributed by atoms with Crippen molar-refractivity contribution in [2.45, 2.75) is 13.8 Å². The van der Waals surface area contributed by atoms with Crippen LogP contribution in [0.25, 0.3) is 0 Å². The number of carbonyl (C=O) groups is 1. The van der Waals surface area contributed by atoms with Crippen LogP contribution >= 0.6 is 0 Å². The fourth-order valence-electron chi connectivity index (χ4n) is 2.04. The Morgan fingerprint density at radius 1 is 1.24 bits per heavy atom. The number of hydrogen-bond acceptors (Lipinski definition) is 3. The molecule has 2 aromatic carbocycles. The van der Waals surface area contributed by atoms with Gasteiger partial charge in [0.1, 0.15) is 11.6 Å². The number of methoxy groups -OCH3 is 1. The van der Waals surface area contributed by atoms with Crippen LogP contribution in [-0.2, 0) is 0 Å². The third-order valence-corrected chi connectivity index (χ3v) is 3.37. The van der Waals surface area contributed by atoms with Crippen molar-refractivity contribution in [3.8, 4) is 5.75 Å². The van der Waals surface area contributed by atoms with E-state index in [0.717, 1.165) is 11.1 Å². The van der Waals surface area contributed by atoms with Gasteiger partial charge < -0.3 is 15.8 Å². The number of nitrogens with two attached hydrogens (primary N) is 1. The van der Waals surface area contributed by atoms with Gasteiger partial charge in [0, 0.05) is 17.4 Å². The summed E-state index contributed by atoms with van der Waals surface area (Å²) in [6.45, 7) is 3.66. The maximum Gasteiger partial charge on any atom is 0.258 e. The molecule has 0 atom stereocenters. The average Bonchev–Trinajstić information content (AvgIpc) is 2.47. The summed E-state index contributed by atoms with van der Waals surface area (Å²) in [6, 6.07) is 7.68. The molecule has 110 valence electrons. The van der Waals surface area contributed by atoms with E-state index in [1.165, 1.54) is 25.3 Å². The van der Waals surface area contributed by atoms with Crippen LogP contribution in [0.4, 0.5) is 15.8 Å². The number of hydrogen-bond donors (Lipinski definition) is 2. The second-order valence-electron chi connectivity index (χ2n) is 4.77. The Morgan fingerprint density at radius 3 is 2.57 bits per heavy atom. The molecule has 0 spiro atoms. The number of anilines is 2. The molecule has 0 saturated heterocycles. The number of halogens is 1. The minimum Gasteiger partial charge on any atom is -0.497 e. The zero-order valence-electron chi connectivity index (χ0n) is 12.2. The molecule has 0 aliphatic rings. The molecule has 0 aliphatic carbocycles. The Balaban J connectivity index is 2.33. The summed E-state index contributed by atoms with van der Waals surface area (Å²) in [4.78, 5) is 12.2. The molecule has 0 fully saturated rings. The molecule has 0 saturated carbocycles. The van der Waals surface area contributed by atoms with Crippen molar-refractivity contribution in [2.24, 2.45) is 0 Å². The van der Waals surface area contributed by atoms with Crippen LogP contribution in [0, 0.1) is 19.7 Å². The molecule has 4 nitrogen and oxygen atoms in total. The first-order valence-corrected chi connectivity index (χ1v) is 6.44. The van der Waals surface area contributed by atoms with Crippen molar-refractivity contribution < 1.29 is 13.9 Å². The van der Waals surface area contributed by atoms with Crippen LogP contribution in [0.3, 0.4) is 0 Å². The van der Waals surface area contributed by atoms with Crippen LogP contribution in [0.5, 0.6) is 5.75 Å². The van der Waals surface area contributed by atoms with Gasteiger partial charge in [0.25, 0.3) is 5.91 Å². The van der Waals surface area contributed by atoms with E-state index in [9.17, 15) is 9.18 Å². The highest BCUT2D eigenvalue weighted by atomic mass is 19.1. The van der Waals surface area contributed by atoms with E-state index in [0.29, 0.717) is 17.1 Å².